The van der Waals surface area contributed by atoms with E-state index in [9.17, 15) is 5.26 Å². The molecule has 2 aromatic heterocycles. The highest BCUT2D eigenvalue weighted by atomic mass is 16.5. The summed E-state index contributed by atoms with van der Waals surface area (Å²) >= 11 is 0. The molecule has 6 nitrogen and oxygen atoms in total. The van der Waals surface area contributed by atoms with Crippen LogP contribution in [0, 0.1) is 11.3 Å². The van der Waals surface area contributed by atoms with Gasteiger partial charge in [0.2, 0.25) is 5.89 Å². The number of nitrogens with zero attached hydrogens (tertiary/aromatic N) is 4. The summed E-state index contributed by atoms with van der Waals surface area (Å²) < 4.78 is 4.94. The maximum atomic E-state index is 9.19. The van der Waals surface area contributed by atoms with E-state index in [4.69, 9.17) is 4.52 Å². The van der Waals surface area contributed by atoms with Gasteiger partial charge in [0.1, 0.15) is 6.07 Å². The summed E-state index contributed by atoms with van der Waals surface area (Å²) in [5, 5.41) is 16.9. The molecule has 0 fully saturated rings. The second-order valence-electron chi connectivity index (χ2n) is 4.19. The first kappa shape index (κ1) is 12.1. The molecule has 6 heteroatoms. The molecule has 0 amide bonds. The molecule has 98 valence electrons. The number of para-hydroxylation sites is 1. The molecular weight excluding hydrogens is 254 g/mol. The number of pyridine rings is 1. The average molecular weight is 265 g/mol. The summed E-state index contributed by atoms with van der Waals surface area (Å²) in [7, 11) is 0. The Bertz CT molecular complexity index is 761. The van der Waals surface area contributed by atoms with E-state index in [-0.39, 0.29) is 0 Å². The zero-order chi connectivity index (χ0) is 13.8. The number of hydrogen-bond donors (Lipinski definition) is 1. The van der Waals surface area contributed by atoms with Crippen LogP contribution >= 0.6 is 0 Å². The van der Waals surface area contributed by atoms with E-state index < -0.39 is 0 Å². The van der Waals surface area contributed by atoms with Crippen LogP contribution in [-0.2, 0) is 6.42 Å². The highest BCUT2D eigenvalue weighted by Crippen LogP contribution is 2.25. The molecule has 0 saturated carbocycles. The molecule has 0 radical (unpaired) electrons. The minimum absolute atomic E-state index is 0.522. The lowest BCUT2D eigenvalue weighted by Crippen LogP contribution is -2.07. The number of aromatic nitrogens is 3. The van der Waals surface area contributed by atoms with Gasteiger partial charge in [0.15, 0.2) is 6.33 Å². The maximum Gasteiger partial charge on any atom is 0.228 e. The van der Waals surface area contributed by atoms with Crippen molar-refractivity contribution in [2.75, 3.05) is 11.9 Å². The summed E-state index contributed by atoms with van der Waals surface area (Å²) in [5.41, 5.74) is 2.17. The molecule has 3 aromatic rings. The number of fused-ring (bicyclic) bond motifs is 1. The fourth-order valence-corrected chi connectivity index (χ4v) is 2.02. The highest BCUT2D eigenvalue weighted by Gasteiger charge is 2.08. The lowest BCUT2D eigenvalue weighted by Gasteiger charge is -2.10. The Kier molecular flexibility index (Phi) is 3.25. The predicted octanol–water partition coefficient (Wildman–Crippen LogP) is 2.14. The third-order valence-corrected chi connectivity index (χ3v) is 2.94. The van der Waals surface area contributed by atoms with Crippen LogP contribution in [0.5, 0.6) is 0 Å². The Morgan fingerprint density at radius 1 is 1.25 bits per heavy atom. The number of nitrogens with one attached hydrogen (secondary N) is 1. The third kappa shape index (κ3) is 2.29. The number of hydrogen-bond acceptors (Lipinski definition) is 6. The second-order valence-corrected chi connectivity index (χ2v) is 4.19. The summed E-state index contributed by atoms with van der Waals surface area (Å²) in [5.74, 6) is 0.564. The second kappa shape index (κ2) is 5.36. The first-order valence-electron chi connectivity index (χ1n) is 6.16. The van der Waals surface area contributed by atoms with Gasteiger partial charge in [-0.15, -0.1) is 0 Å². The van der Waals surface area contributed by atoms with Crippen molar-refractivity contribution < 1.29 is 4.52 Å². The molecule has 0 aliphatic heterocycles. The van der Waals surface area contributed by atoms with Gasteiger partial charge < -0.3 is 9.84 Å². The van der Waals surface area contributed by atoms with Gasteiger partial charge in [-0.1, -0.05) is 23.4 Å². The number of nitriles is 1. The number of anilines is 1. The molecule has 0 bridgehead atoms. The largest absolute Gasteiger partial charge is 0.383 e. The van der Waals surface area contributed by atoms with E-state index in [1.807, 2.05) is 24.3 Å². The van der Waals surface area contributed by atoms with Gasteiger partial charge in [-0.25, -0.2) is 0 Å². The van der Waals surface area contributed by atoms with Crippen LogP contribution in [0.3, 0.4) is 0 Å². The first-order valence-corrected chi connectivity index (χ1v) is 6.16. The lowest BCUT2D eigenvalue weighted by atomic mass is 10.1. The zero-order valence-corrected chi connectivity index (χ0v) is 10.6. The Balaban J connectivity index is 1.87. The fraction of sp³-hybridized carbons (Fsp3) is 0.143. The van der Waals surface area contributed by atoms with Gasteiger partial charge in [0.05, 0.1) is 16.8 Å². The Hall–Kier alpha value is -2.94. The molecule has 1 aromatic carbocycles. The first-order chi connectivity index (χ1) is 9.88. The summed E-state index contributed by atoms with van der Waals surface area (Å²) in [4.78, 5) is 8.22. The van der Waals surface area contributed by atoms with Crippen LogP contribution < -0.4 is 5.32 Å². The molecule has 0 spiro atoms. The minimum atomic E-state index is 0.522. The van der Waals surface area contributed by atoms with Crippen molar-refractivity contribution in [2.45, 2.75) is 6.42 Å². The molecule has 0 aliphatic carbocycles. The van der Waals surface area contributed by atoms with E-state index in [2.05, 4.69) is 26.5 Å². The van der Waals surface area contributed by atoms with Crippen molar-refractivity contribution >= 4 is 16.6 Å². The minimum Gasteiger partial charge on any atom is -0.383 e. The van der Waals surface area contributed by atoms with Gasteiger partial charge in [-0.3, -0.25) is 4.98 Å². The molecule has 20 heavy (non-hydrogen) atoms. The van der Waals surface area contributed by atoms with E-state index in [1.54, 1.807) is 6.20 Å². The quantitative estimate of drug-likeness (QED) is 0.777. The van der Waals surface area contributed by atoms with Crippen LogP contribution in [-0.4, -0.2) is 21.7 Å². The summed E-state index contributed by atoms with van der Waals surface area (Å²) in [6, 6.07) is 9.86. The van der Waals surface area contributed by atoms with Crippen molar-refractivity contribution in [2.24, 2.45) is 0 Å². The average Bonchev–Trinajstić information content (AvgIpc) is 3.00. The number of benzene rings is 1. The van der Waals surface area contributed by atoms with Gasteiger partial charge in [-0.2, -0.15) is 10.2 Å². The van der Waals surface area contributed by atoms with Gasteiger partial charge in [0.25, 0.3) is 0 Å². The van der Waals surface area contributed by atoms with E-state index >= 15 is 0 Å². The molecular formula is C14H11N5O. The molecule has 0 saturated heterocycles. The van der Waals surface area contributed by atoms with Crippen LogP contribution in [0.15, 0.2) is 41.3 Å². The standard InChI is InChI=1S/C14H11N5O/c15-7-10-8-17-12-4-2-1-3-11(12)14(10)16-6-5-13-18-9-19-20-13/h1-4,8-9H,5-6H2,(H,16,17). The highest BCUT2D eigenvalue weighted by molar-refractivity contribution is 5.93. The Labute approximate surface area is 115 Å². The van der Waals surface area contributed by atoms with Crippen molar-refractivity contribution in [3.8, 4) is 6.07 Å². The molecule has 0 aliphatic rings. The lowest BCUT2D eigenvalue weighted by molar-refractivity contribution is 0.380. The monoisotopic (exact) mass is 265 g/mol. The Morgan fingerprint density at radius 2 is 2.15 bits per heavy atom. The number of rotatable bonds is 4. The summed E-state index contributed by atoms with van der Waals surface area (Å²) in [6.07, 6.45) is 3.55. The molecule has 2 heterocycles. The van der Waals surface area contributed by atoms with Gasteiger partial charge >= 0.3 is 0 Å². The van der Waals surface area contributed by atoms with Crippen LogP contribution in [0.25, 0.3) is 10.9 Å². The van der Waals surface area contributed by atoms with E-state index in [0.717, 1.165) is 16.6 Å². The molecule has 0 unspecified atom stereocenters. The normalized spacial score (nSPS) is 10.3. The van der Waals surface area contributed by atoms with Crippen molar-refractivity contribution in [1.29, 1.82) is 5.26 Å². The van der Waals surface area contributed by atoms with Crippen LogP contribution in [0.1, 0.15) is 11.5 Å². The predicted molar refractivity (Wildman–Crippen MR) is 72.9 cm³/mol. The van der Waals surface area contributed by atoms with E-state index in [0.29, 0.717) is 24.4 Å². The fourth-order valence-electron chi connectivity index (χ4n) is 2.02. The summed E-state index contributed by atoms with van der Waals surface area (Å²) in [6.45, 7) is 0.602. The molecule has 0 atom stereocenters. The van der Waals surface area contributed by atoms with Crippen LogP contribution in [0.4, 0.5) is 5.69 Å². The topological polar surface area (TPSA) is 87.6 Å². The molecule has 1 N–H and O–H groups in total. The van der Waals surface area contributed by atoms with Crippen molar-refractivity contribution in [1.82, 2.24) is 15.1 Å². The van der Waals surface area contributed by atoms with Gasteiger partial charge in [0, 0.05) is 24.5 Å². The van der Waals surface area contributed by atoms with E-state index in [1.165, 1.54) is 6.33 Å². The maximum absolute atomic E-state index is 9.19. The molecule has 3 rings (SSSR count). The SMILES string of the molecule is N#Cc1cnc2ccccc2c1NCCc1ncno1. The third-order valence-electron chi connectivity index (χ3n) is 2.94. The smallest absolute Gasteiger partial charge is 0.228 e. The Morgan fingerprint density at radius 3 is 2.95 bits per heavy atom. The van der Waals surface area contributed by atoms with Crippen molar-refractivity contribution in [3.63, 3.8) is 0 Å². The van der Waals surface area contributed by atoms with Crippen LogP contribution in [0.2, 0.25) is 0 Å². The van der Waals surface area contributed by atoms with Crippen molar-refractivity contribution in [3.05, 3.63) is 48.2 Å². The zero-order valence-electron chi connectivity index (χ0n) is 10.6. The van der Waals surface area contributed by atoms with Gasteiger partial charge in [-0.05, 0) is 6.07 Å².